The molecule has 1 saturated heterocycles. The third-order valence-corrected chi connectivity index (χ3v) is 6.94. The number of hydrogen-bond donors (Lipinski definition) is 0. The molecule has 1 aromatic heterocycles. The largest absolute Gasteiger partial charge is 0.367 e. The van der Waals surface area contributed by atoms with Crippen LogP contribution in [0, 0.1) is 10.1 Å². The van der Waals surface area contributed by atoms with E-state index in [1.165, 1.54) is 0 Å². The minimum Gasteiger partial charge on any atom is -0.367 e. The van der Waals surface area contributed by atoms with E-state index in [4.69, 9.17) is 4.74 Å². The number of nitro groups is 1. The van der Waals surface area contributed by atoms with E-state index in [9.17, 15) is 18.5 Å². The van der Waals surface area contributed by atoms with Crippen LogP contribution in [0.2, 0.25) is 0 Å². The molecule has 0 bridgehead atoms. The van der Waals surface area contributed by atoms with Gasteiger partial charge in [-0.1, -0.05) is 41.7 Å². The molecule has 25 heavy (non-hydrogen) atoms. The average molecular weight is 382 g/mol. The summed E-state index contributed by atoms with van der Waals surface area (Å²) in [5, 5.41) is 11.8. The Kier molecular flexibility index (Phi) is 4.81. The number of morpholine rings is 1. The molecule has 1 aromatic carbocycles. The molecule has 2 unspecified atom stereocenters. The first-order chi connectivity index (χ1) is 11.8. The Morgan fingerprint density at radius 3 is 2.56 bits per heavy atom. The van der Waals surface area contributed by atoms with Gasteiger partial charge in [-0.3, -0.25) is 10.1 Å². The zero-order chi connectivity index (χ0) is 18.2. The quantitative estimate of drug-likeness (QED) is 0.596. The number of benzene rings is 1. The molecule has 9 heteroatoms. The molecule has 1 aliphatic heterocycles. The van der Waals surface area contributed by atoms with Crippen molar-refractivity contribution in [1.29, 1.82) is 0 Å². The van der Waals surface area contributed by atoms with Crippen molar-refractivity contribution in [3.63, 3.8) is 0 Å². The highest BCUT2D eigenvalue weighted by Crippen LogP contribution is 2.42. The highest BCUT2D eigenvalue weighted by atomic mass is 32.2. The van der Waals surface area contributed by atoms with Gasteiger partial charge in [-0.2, -0.15) is 0 Å². The number of ether oxygens (including phenoxy) is 1. The van der Waals surface area contributed by atoms with Crippen molar-refractivity contribution in [3.05, 3.63) is 52.1 Å². The molecule has 0 aliphatic carbocycles. The van der Waals surface area contributed by atoms with E-state index in [1.807, 2.05) is 42.2 Å². The molecule has 2 aromatic rings. The summed E-state index contributed by atoms with van der Waals surface area (Å²) in [6.07, 6.45) is 0.691. The summed E-state index contributed by atoms with van der Waals surface area (Å²) in [7, 11) is -3.50. The molecule has 7 nitrogen and oxygen atoms in total. The van der Waals surface area contributed by atoms with Crippen molar-refractivity contribution in [3.8, 4) is 0 Å². The van der Waals surface area contributed by atoms with E-state index in [1.54, 1.807) is 0 Å². The lowest BCUT2D eigenvalue weighted by molar-refractivity contribution is -0.383. The molecule has 0 spiro atoms. The van der Waals surface area contributed by atoms with Gasteiger partial charge in [-0.25, -0.2) is 8.42 Å². The zero-order valence-corrected chi connectivity index (χ0v) is 15.4. The zero-order valence-electron chi connectivity index (χ0n) is 13.8. The highest BCUT2D eigenvalue weighted by Gasteiger charge is 2.33. The van der Waals surface area contributed by atoms with Crippen LogP contribution in [0.15, 0.2) is 40.6 Å². The fourth-order valence-electron chi connectivity index (χ4n) is 2.86. The molecule has 1 fully saturated rings. The topological polar surface area (TPSA) is 89.8 Å². The van der Waals surface area contributed by atoms with Gasteiger partial charge in [-0.15, -0.1) is 0 Å². The molecule has 2 heterocycles. The van der Waals surface area contributed by atoms with E-state index >= 15 is 0 Å². The van der Waals surface area contributed by atoms with Crippen molar-refractivity contribution in [2.45, 2.75) is 23.3 Å². The Labute approximate surface area is 149 Å². The summed E-state index contributed by atoms with van der Waals surface area (Å²) < 4.78 is 29.6. The van der Waals surface area contributed by atoms with Crippen molar-refractivity contribution >= 4 is 31.9 Å². The Bertz CT molecular complexity index is 879. The average Bonchev–Trinajstić information content (AvgIpc) is 3.01. The van der Waals surface area contributed by atoms with Gasteiger partial charge in [-0.05, 0) is 12.5 Å². The lowest BCUT2D eigenvalue weighted by Crippen LogP contribution is -2.42. The van der Waals surface area contributed by atoms with Crippen LogP contribution >= 0.6 is 11.3 Å². The van der Waals surface area contributed by atoms with Gasteiger partial charge < -0.3 is 9.64 Å². The molecule has 2 atom stereocenters. The summed E-state index contributed by atoms with van der Waals surface area (Å²) in [4.78, 5) is 12.7. The molecule has 0 saturated carbocycles. The molecular formula is C16H18N2O5S2. The first-order valence-electron chi connectivity index (χ1n) is 7.69. The number of thiophene rings is 1. The van der Waals surface area contributed by atoms with Crippen LogP contribution in [0.4, 0.5) is 10.7 Å². The Balaban J connectivity index is 1.97. The van der Waals surface area contributed by atoms with E-state index < -0.39 is 14.8 Å². The maximum atomic E-state index is 11.8. The standard InChI is InChI=1S/C16H18N2O5S2/c1-11-9-17(10-14(23-11)12-6-4-3-5-7-12)16-13(18(19)20)8-15(24-16)25(2,21)22/h3-8,11,14H,9-10H2,1-2H3. The van der Waals surface area contributed by atoms with E-state index in [2.05, 4.69) is 0 Å². The Morgan fingerprint density at radius 2 is 1.96 bits per heavy atom. The van der Waals surface area contributed by atoms with Gasteiger partial charge >= 0.3 is 5.69 Å². The van der Waals surface area contributed by atoms with Crippen LogP contribution in [-0.4, -0.2) is 38.8 Å². The van der Waals surface area contributed by atoms with Crippen LogP contribution in [-0.2, 0) is 14.6 Å². The molecule has 1 aliphatic rings. The van der Waals surface area contributed by atoms with Gasteiger partial charge in [0.2, 0.25) is 0 Å². The number of nitrogens with zero attached hydrogens (tertiary/aromatic N) is 2. The minimum atomic E-state index is -3.50. The lowest BCUT2D eigenvalue weighted by Gasteiger charge is -2.37. The van der Waals surface area contributed by atoms with Gasteiger partial charge in [0, 0.05) is 25.4 Å². The number of rotatable bonds is 4. The normalized spacial score (nSPS) is 21.3. The predicted octanol–water partition coefficient (Wildman–Crippen LogP) is 3.03. The summed E-state index contributed by atoms with van der Waals surface area (Å²) >= 11 is 0.941. The fourth-order valence-corrected chi connectivity index (χ4v) is 4.90. The van der Waals surface area contributed by atoms with Crippen molar-refractivity contribution < 1.29 is 18.1 Å². The molecular weight excluding hydrogens is 364 g/mol. The minimum absolute atomic E-state index is 0.00426. The molecule has 0 amide bonds. The van der Waals surface area contributed by atoms with Gasteiger partial charge in [0.15, 0.2) is 14.8 Å². The summed E-state index contributed by atoms with van der Waals surface area (Å²) in [6, 6.07) is 10.8. The van der Waals surface area contributed by atoms with Crippen molar-refractivity contribution in [2.24, 2.45) is 0 Å². The van der Waals surface area contributed by atoms with Crippen molar-refractivity contribution in [2.75, 3.05) is 24.2 Å². The van der Waals surface area contributed by atoms with Crippen LogP contribution in [0.1, 0.15) is 18.6 Å². The SMILES string of the molecule is CC1CN(c2sc(S(C)(=O)=O)cc2[N+](=O)[O-])CC(c2ccccc2)O1. The summed E-state index contributed by atoms with van der Waals surface area (Å²) in [5.41, 5.74) is 0.813. The van der Waals surface area contributed by atoms with E-state index in [0.717, 1.165) is 29.2 Å². The fraction of sp³-hybridized carbons (Fsp3) is 0.375. The second-order valence-corrected chi connectivity index (χ2v) is 9.31. The third-order valence-electron chi connectivity index (χ3n) is 3.95. The van der Waals surface area contributed by atoms with Crippen molar-refractivity contribution in [1.82, 2.24) is 0 Å². The number of hydrogen-bond acceptors (Lipinski definition) is 7. The number of sulfone groups is 1. The van der Waals surface area contributed by atoms with E-state index in [0.29, 0.717) is 18.1 Å². The molecule has 3 rings (SSSR count). The predicted molar refractivity (Wildman–Crippen MR) is 96.0 cm³/mol. The van der Waals surface area contributed by atoms with E-state index in [-0.39, 0.29) is 22.1 Å². The smallest absolute Gasteiger partial charge is 0.305 e. The molecule has 0 N–H and O–H groups in total. The van der Waals surface area contributed by atoms with Gasteiger partial charge in [0.25, 0.3) is 0 Å². The van der Waals surface area contributed by atoms with Crippen LogP contribution in [0.25, 0.3) is 0 Å². The van der Waals surface area contributed by atoms with Gasteiger partial charge in [0.05, 0.1) is 11.0 Å². The van der Waals surface area contributed by atoms with Gasteiger partial charge in [0.1, 0.15) is 10.3 Å². The first kappa shape index (κ1) is 17.8. The first-order valence-corrected chi connectivity index (χ1v) is 10.4. The molecule has 0 radical (unpaired) electrons. The maximum absolute atomic E-state index is 11.8. The lowest BCUT2D eigenvalue weighted by atomic mass is 10.1. The van der Waals surface area contributed by atoms with Crippen LogP contribution < -0.4 is 4.90 Å². The Morgan fingerprint density at radius 1 is 1.28 bits per heavy atom. The maximum Gasteiger partial charge on any atom is 0.305 e. The second kappa shape index (κ2) is 6.74. The highest BCUT2D eigenvalue weighted by molar-refractivity contribution is 7.92. The van der Waals surface area contributed by atoms with Crippen LogP contribution in [0.3, 0.4) is 0 Å². The number of anilines is 1. The summed E-state index contributed by atoms with van der Waals surface area (Å²) in [6.45, 7) is 2.80. The third kappa shape index (κ3) is 3.83. The monoisotopic (exact) mass is 382 g/mol. The summed E-state index contributed by atoms with van der Waals surface area (Å²) in [5.74, 6) is 0. The second-order valence-electron chi connectivity index (χ2n) is 6.04. The van der Waals surface area contributed by atoms with Crippen LogP contribution in [0.5, 0.6) is 0 Å². The Hall–Kier alpha value is -1.97. The molecule has 134 valence electrons.